The van der Waals surface area contributed by atoms with Crippen molar-refractivity contribution < 1.29 is 0 Å². The predicted molar refractivity (Wildman–Crippen MR) is 83.7 cm³/mol. The van der Waals surface area contributed by atoms with Crippen molar-refractivity contribution in [2.75, 3.05) is 25.0 Å². The Morgan fingerprint density at radius 1 is 1.32 bits per heavy atom. The lowest BCUT2D eigenvalue weighted by Gasteiger charge is -2.21. The summed E-state index contributed by atoms with van der Waals surface area (Å²) in [5.41, 5.74) is 2.72. The van der Waals surface area contributed by atoms with Gasteiger partial charge in [0.1, 0.15) is 0 Å². The van der Waals surface area contributed by atoms with Gasteiger partial charge in [-0.15, -0.1) is 0 Å². The fourth-order valence-electron chi connectivity index (χ4n) is 2.61. The molecule has 1 aliphatic rings. The van der Waals surface area contributed by atoms with Crippen LogP contribution >= 0.6 is 0 Å². The second kappa shape index (κ2) is 6.42. The molecule has 0 aromatic heterocycles. The molecule has 0 amide bonds. The topological polar surface area (TPSA) is 15.3 Å². The van der Waals surface area contributed by atoms with Crippen molar-refractivity contribution >= 4 is 5.69 Å². The van der Waals surface area contributed by atoms with E-state index in [0.717, 1.165) is 18.4 Å². The van der Waals surface area contributed by atoms with Crippen molar-refractivity contribution in [2.45, 2.75) is 39.7 Å². The number of benzene rings is 1. The Morgan fingerprint density at radius 3 is 2.47 bits per heavy atom. The van der Waals surface area contributed by atoms with Crippen LogP contribution in [0, 0.1) is 11.8 Å². The van der Waals surface area contributed by atoms with Crippen LogP contribution in [0.5, 0.6) is 0 Å². The fraction of sp³-hybridized carbons (Fsp3) is 0.647. The summed E-state index contributed by atoms with van der Waals surface area (Å²) < 4.78 is 0. The summed E-state index contributed by atoms with van der Waals surface area (Å²) in [6, 6.07) is 9.48. The van der Waals surface area contributed by atoms with Gasteiger partial charge < -0.3 is 10.2 Å². The van der Waals surface area contributed by atoms with Crippen molar-refractivity contribution in [3.8, 4) is 0 Å². The van der Waals surface area contributed by atoms with Crippen LogP contribution in [0.15, 0.2) is 24.3 Å². The molecule has 3 unspecified atom stereocenters. The fourth-order valence-corrected chi connectivity index (χ4v) is 2.61. The smallest absolute Gasteiger partial charge is 0.0363 e. The lowest BCUT2D eigenvalue weighted by atomic mass is 10.1. The third-order valence-electron chi connectivity index (χ3n) is 4.32. The van der Waals surface area contributed by atoms with Crippen LogP contribution in [0.1, 0.15) is 45.2 Å². The number of hydrogen-bond donors (Lipinski definition) is 1. The Labute approximate surface area is 118 Å². The minimum atomic E-state index is 0.447. The molecule has 2 heteroatoms. The van der Waals surface area contributed by atoms with E-state index in [2.05, 4.69) is 62.3 Å². The van der Waals surface area contributed by atoms with Crippen LogP contribution in [0.3, 0.4) is 0 Å². The predicted octanol–water partition coefficient (Wildman–Crippen LogP) is 3.84. The van der Waals surface area contributed by atoms with Crippen LogP contribution in [0.25, 0.3) is 0 Å². The molecule has 1 aliphatic carbocycles. The minimum Gasteiger partial charge on any atom is -0.374 e. The van der Waals surface area contributed by atoms with Gasteiger partial charge in [-0.2, -0.15) is 0 Å². The van der Waals surface area contributed by atoms with Gasteiger partial charge in [0, 0.05) is 25.3 Å². The molecule has 0 aliphatic heterocycles. The highest BCUT2D eigenvalue weighted by Gasteiger charge is 2.33. The maximum absolute atomic E-state index is 3.53. The third kappa shape index (κ3) is 3.97. The van der Waals surface area contributed by atoms with Gasteiger partial charge in [0.15, 0.2) is 0 Å². The van der Waals surface area contributed by atoms with E-state index >= 15 is 0 Å². The highest BCUT2D eigenvalue weighted by Crippen LogP contribution is 2.38. The molecule has 2 rings (SSSR count). The monoisotopic (exact) mass is 260 g/mol. The summed E-state index contributed by atoms with van der Waals surface area (Å²) in [7, 11) is 2.21. The van der Waals surface area contributed by atoms with E-state index in [1.165, 1.54) is 30.6 Å². The molecular weight excluding hydrogens is 232 g/mol. The largest absolute Gasteiger partial charge is 0.374 e. The molecule has 1 saturated carbocycles. The van der Waals surface area contributed by atoms with Crippen LogP contribution in [-0.4, -0.2) is 20.1 Å². The summed E-state index contributed by atoms with van der Waals surface area (Å²) in [5.74, 6) is 1.84. The lowest BCUT2D eigenvalue weighted by Crippen LogP contribution is -2.21. The maximum Gasteiger partial charge on any atom is 0.0363 e. The second-order valence-corrected chi connectivity index (χ2v) is 6.12. The van der Waals surface area contributed by atoms with E-state index in [1.807, 2.05) is 0 Å². The van der Waals surface area contributed by atoms with Crippen LogP contribution < -0.4 is 10.2 Å². The Kier molecular flexibility index (Phi) is 4.87. The lowest BCUT2D eigenvalue weighted by molar-refractivity contribution is 0.570. The molecule has 2 nitrogen and oxygen atoms in total. The van der Waals surface area contributed by atoms with Crippen molar-refractivity contribution in [3.63, 3.8) is 0 Å². The maximum atomic E-state index is 3.53. The third-order valence-corrected chi connectivity index (χ3v) is 4.32. The van der Waals surface area contributed by atoms with Gasteiger partial charge in [-0.05, 0) is 55.8 Å². The van der Waals surface area contributed by atoms with Gasteiger partial charge in [0.25, 0.3) is 0 Å². The van der Waals surface area contributed by atoms with Gasteiger partial charge in [0.2, 0.25) is 0 Å². The van der Waals surface area contributed by atoms with Gasteiger partial charge in [-0.3, -0.25) is 0 Å². The summed E-state index contributed by atoms with van der Waals surface area (Å²) in [6.07, 6.45) is 2.59. The van der Waals surface area contributed by atoms with Gasteiger partial charge in [-0.1, -0.05) is 26.0 Å². The first-order chi connectivity index (χ1) is 9.11. The Morgan fingerprint density at radius 2 is 1.95 bits per heavy atom. The molecule has 0 saturated heterocycles. The summed E-state index contributed by atoms with van der Waals surface area (Å²) in [4.78, 5) is 2.39. The second-order valence-electron chi connectivity index (χ2n) is 6.12. The van der Waals surface area contributed by atoms with Crippen molar-refractivity contribution in [1.29, 1.82) is 0 Å². The van der Waals surface area contributed by atoms with Gasteiger partial charge in [0.05, 0.1) is 0 Å². The molecule has 0 spiro atoms. The van der Waals surface area contributed by atoms with E-state index in [-0.39, 0.29) is 0 Å². The first kappa shape index (κ1) is 14.4. The van der Waals surface area contributed by atoms with E-state index in [0.29, 0.717) is 6.04 Å². The zero-order valence-electron chi connectivity index (χ0n) is 12.8. The van der Waals surface area contributed by atoms with Crippen molar-refractivity contribution in [3.05, 3.63) is 29.8 Å². The standard InChI is InChI=1S/C17H28N2/c1-5-10-18-14(3)15-6-8-17(9-7-15)19(4)12-16-11-13(16)2/h6-9,13-14,16,18H,5,10-12H2,1-4H3. The Balaban J connectivity index is 1.89. The number of hydrogen-bond acceptors (Lipinski definition) is 2. The SMILES string of the molecule is CCCNC(C)c1ccc(N(C)CC2CC2C)cc1. The van der Waals surface area contributed by atoms with Crippen LogP contribution in [0.4, 0.5) is 5.69 Å². The molecule has 19 heavy (non-hydrogen) atoms. The highest BCUT2D eigenvalue weighted by molar-refractivity contribution is 5.47. The number of nitrogens with zero attached hydrogens (tertiary/aromatic N) is 1. The molecule has 1 fully saturated rings. The average Bonchev–Trinajstić information content (AvgIpc) is 3.11. The van der Waals surface area contributed by atoms with E-state index < -0.39 is 0 Å². The first-order valence-corrected chi connectivity index (χ1v) is 7.66. The summed E-state index contributed by atoms with van der Waals surface area (Å²) in [5, 5.41) is 3.53. The van der Waals surface area contributed by atoms with Crippen molar-refractivity contribution in [2.24, 2.45) is 11.8 Å². The molecule has 1 aromatic carbocycles. The zero-order chi connectivity index (χ0) is 13.8. The molecule has 1 N–H and O–H groups in total. The first-order valence-electron chi connectivity index (χ1n) is 7.66. The molecule has 0 radical (unpaired) electrons. The molecule has 0 heterocycles. The van der Waals surface area contributed by atoms with Crippen LogP contribution in [0.2, 0.25) is 0 Å². The Bertz CT molecular complexity index is 385. The molecule has 0 bridgehead atoms. The molecule has 1 aromatic rings. The number of nitrogens with one attached hydrogen (secondary N) is 1. The number of anilines is 1. The van der Waals surface area contributed by atoms with Gasteiger partial charge >= 0.3 is 0 Å². The molecule has 3 atom stereocenters. The quantitative estimate of drug-likeness (QED) is 0.801. The Hall–Kier alpha value is -1.02. The van der Waals surface area contributed by atoms with E-state index in [1.54, 1.807) is 0 Å². The van der Waals surface area contributed by atoms with Crippen LogP contribution in [-0.2, 0) is 0 Å². The van der Waals surface area contributed by atoms with E-state index in [9.17, 15) is 0 Å². The normalized spacial score (nSPS) is 23.2. The minimum absolute atomic E-state index is 0.447. The summed E-state index contributed by atoms with van der Waals surface area (Å²) >= 11 is 0. The van der Waals surface area contributed by atoms with E-state index in [4.69, 9.17) is 0 Å². The van der Waals surface area contributed by atoms with Crippen molar-refractivity contribution in [1.82, 2.24) is 5.32 Å². The molecule has 106 valence electrons. The zero-order valence-corrected chi connectivity index (χ0v) is 12.8. The van der Waals surface area contributed by atoms with Gasteiger partial charge in [-0.25, -0.2) is 0 Å². The molecular formula is C17H28N2. The summed E-state index contributed by atoms with van der Waals surface area (Å²) in [6.45, 7) is 9.08. The average molecular weight is 260 g/mol. The number of rotatable bonds is 7. The highest BCUT2D eigenvalue weighted by atomic mass is 15.1.